The Morgan fingerprint density at radius 2 is 0.833 bits per heavy atom. The average molecular weight is 764 g/mol. The zero-order chi connectivity index (χ0) is 39.6. The second kappa shape index (κ2) is 13.9. The molecule has 280 valence electrons. The van der Waals surface area contributed by atoms with E-state index in [2.05, 4.69) is 223 Å². The molecule has 11 aromatic carbocycles. The number of anilines is 3. The van der Waals surface area contributed by atoms with Crippen molar-refractivity contribution in [3.63, 3.8) is 0 Å². The summed E-state index contributed by atoms with van der Waals surface area (Å²) < 4.78 is 6.36. The minimum atomic E-state index is 0.876. The first-order chi connectivity index (χ1) is 29.8. The highest BCUT2D eigenvalue weighted by atomic mass is 16.3. The van der Waals surface area contributed by atoms with Crippen molar-refractivity contribution in [3.8, 4) is 33.4 Å². The first-order valence-corrected chi connectivity index (χ1v) is 20.6. The van der Waals surface area contributed by atoms with Crippen molar-refractivity contribution in [1.82, 2.24) is 0 Å². The Morgan fingerprint density at radius 3 is 1.60 bits per heavy atom. The minimum absolute atomic E-state index is 0.876. The molecule has 12 aromatic rings. The van der Waals surface area contributed by atoms with Crippen molar-refractivity contribution in [1.29, 1.82) is 0 Å². The predicted molar refractivity (Wildman–Crippen MR) is 255 cm³/mol. The highest BCUT2D eigenvalue weighted by Crippen LogP contribution is 2.49. The molecule has 0 saturated carbocycles. The van der Waals surface area contributed by atoms with E-state index in [0.717, 1.165) is 50.1 Å². The second-order valence-electron chi connectivity index (χ2n) is 15.6. The lowest BCUT2D eigenvalue weighted by molar-refractivity contribution is 0.669. The fraction of sp³-hybridized carbons (Fsp3) is 0. The molecule has 0 spiro atoms. The van der Waals surface area contributed by atoms with Gasteiger partial charge in [-0.3, -0.25) is 0 Å². The number of rotatable bonds is 6. The van der Waals surface area contributed by atoms with Gasteiger partial charge in [0.15, 0.2) is 0 Å². The van der Waals surface area contributed by atoms with Gasteiger partial charge in [-0.15, -0.1) is 0 Å². The quantitative estimate of drug-likeness (QED) is 0.157. The number of hydrogen-bond acceptors (Lipinski definition) is 2. The van der Waals surface area contributed by atoms with E-state index in [1.165, 1.54) is 65.3 Å². The lowest BCUT2D eigenvalue weighted by Crippen LogP contribution is -2.12. The van der Waals surface area contributed by atoms with Gasteiger partial charge in [0, 0.05) is 27.4 Å². The van der Waals surface area contributed by atoms with Crippen LogP contribution in [0.5, 0.6) is 0 Å². The minimum Gasteiger partial charge on any atom is -0.456 e. The van der Waals surface area contributed by atoms with E-state index in [1.807, 2.05) is 6.07 Å². The SMILES string of the molecule is c1ccc(-c2c(-c3ccccc3)c3cc(-c4ccccc4N(c4ccc5oc6ccccc6c5c4)c4cc5ccccc5c5ccccc45)ccc3c3ccccc23)cc1. The van der Waals surface area contributed by atoms with E-state index in [9.17, 15) is 0 Å². The summed E-state index contributed by atoms with van der Waals surface area (Å²) in [5, 5.41) is 12.0. The molecular formula is C58H37NO. The van der Waals surface area contributed by atoms with Crippen LogP contribution in [-0.2, 0) is 0 Å². The van der Waals surface area contributed by atoms with Gasteiger partial charge in [-0.05, 0) is 108 Å². The molecule has 0 N–H and O–H groups in total. The summed E-state index contributed by atoms with van der Waals surface area (Å²) in [5.74, 6) is 0. The molecule has 0 unspecified atom stereocenters. The largest absolute Gasteiger partial charge is 0.456 e. The van der Waals surface area contributed by atoms with Crippen molar-refractivity contribution >= 4 is 82.1 Å². The molecule has 1 heterocycles. The average Bonchev–Trinajstić information content (AvgIpc) is 3.70. The lowest BCUT2D eigenvalue weighted by atomic mass is 9.84. The molecule has 0 bridgehead atoms. The zero-order valence-electron chi connectivity index (χ0n) is 32.7. The standard InChI is InChI=1S/C58H37NO/c1-3-17-38(18-4-1)57-50-28-12-10-25-46(50)47-33-31-41(35-52(47)58(57)39-19-5-2-6-20-39)44-23-13-15-29-53(44)59(42-32-34-56-51(37-42)49-27-14-16-30-55(49)60-56)54-36-40-21-7-8-22-43(40)45-24-9-11-26-48(45)54/h1-37H. The molecule has 12 rings (SSSR count). The van der Waals surface area contributed by atoms with Gasteiger partial charge in [0.05, 0.1) is 11.4 Å². The maximum Gasteiger partial charge on any atom is 0.135 e. The van der Waals surface area contributed by atoms with E-state index in [-0.39, 0.29) is 0 Å². The van der Waals surface area contributed by atoms with Crippen LogP contribution in [0, 0.1) is 0 Å². The highest BCUT2D eigenvalue weighted by Gasteiger charge is 2.23. The van der Waals surface area contributed by atoms with E-state index in [1.54, 1.807) is 0 Å². The highest BCUT2D eigenvalue weighted by molar-refractivity contribution is 6.22. The molecule has 0 aliphatic heterocycles. The monoisotopic (exact) mass is 763 g/mol. The van der Waals surface area contributed by atoms with Crippen LogP contribution in [0.2, 0.25) is 0 Å². The summed E-state index contributed by atoms with van der Waals surface area (Å²) in [6, 6.07) is 81.5. The molecule has 1 aromatic heterocycles. The molecule has 0 radical (unpaired) electrons. The van der Waals surface area contributed by atoms with Crippen molar-refractivity contribution in [3.05, 3.63) is 224 Å². The number of benzene rings is 11. The van der Waals surface area contributed by atoms with Crippen LogP contribution >= 0.6 is 0 Å². The van der Waals surface area contributed by atoms with Gasteiger partial charge < -0.3 is 9.32 Å². The summed E-state index contributed by atoms with van der Waals surface area (Å²) in [4.78, 5) is 2.46. The number of nitrogens with zero attached hydrogens (tertiary/aromatic N) is 1. The molecule has 60 heavy (non-hydrogen) atoms. The second-order valence-corrected chi connectivity index (χ2v) is 15.6. The Bertz CT molecular complexity index is 3600. The molecule has 2 nitrogen and oxygen atoms in total. The van der Waals surface area contributed by atoms with E-state index in [4.69, 9.17) is 4.42 Å². The molecule has 0 aliphatic carbocycles. The molecule has 0 aliphatic rings. The fourth-order valence-corrected chi connectivity index (χ4v) is 9.56. The van der Waals surface area contributed by atoms with Gasteiger partial charge in [0.1, 0.15) is 11.2 Å². The van der Waals surface area contributed by atoms with Crippen LogP contribution in [-0.4, -0.2) is 0 Å². The molecule has 0 atom stereocenters. The maximum atomic E-state index is 6.36. The first-order valence-electron chi connectivity index (χ1n) is 20.6. The van der Waals surface area contributed by atoms with Crippen LogP contribution in [0.3, 0.4) is 0 Å². The van der Waals surface area contributed by atoms with Crippen molar-refractivity contribution in [2.24, 2.45) is 0 Å². The van der Waals surface area contributed by atoms with Gasteiger partial charge in [-0.25, -0.2) is 0 Å². The molecular weight excluding hydrogens is 727 g/mol. The van der Waals surface area contributed by atoms with Gasteiger partial charge >= 0.3 is 0 Å². The van der Waals surface area contributed by atoms with Crippen molar-refractivity contribution < 1.29 is 4.42 Å². The van der Waals surface area contributed by atoms with Gasteiger partial charge in [-0.1, -0.05) is 182 Å². The van der Waals surface area contributed by atoms with Crippen molar-refractivity contribution in [2.45, 2.75) is 0 Å². The Labute approximate surface area is 347 Å². The summed E-state index contributed by atoms with van der Waals surface area (Å²) in [5.41, 5.74) is 12.2. The summed E-state index contributed by atoms with van der Waals surface area (Å²) in [6.07, 6.45) is 0. The maximum absolute atomic E-state index is 6.36. The first kappa shape index (κ1) is 34.1. The summed E-state index contributed by atoms with van der Waals surface area (Å²) in [6.45, 7) is 0. The van der Waals surface area contributed by atoms with Gasteiger partial charge in [-0.2, -0.15) is 0 Å². The van der Waals surface area contributed by atoms with E-state index in [0.29, 0.717) is 0 Å². The van der Waals surface area contributed by atoms with Crippen LogP contribution in [0.15, 0.2) is 229 Å². The Kier molecular flexibility index (Phi) is 7.89. The smallest absolute Gasteiger partial charge is 0.135 e. The molecule has 0 fully saturated rings. The fourth-order valence-electron chi connectivity index (χ4n) is 9.56. The molecule has 2 heteroatoms. The topological polar surface area (TPSA) is 16.4 Å². The number of para-hydroxylation sites is 2. The third-order valence-electron chi connectivity index (χ3n) is 12.2. The summed E-state index contributed by atoms with van der Waals surface area (Å²) >= 11 is 0. The third-order valence-corrected chi connectivity index (χ3v) is 12.2. The molecule has 0 saturated heterocycles. The van der Waals surface area contributed by atoms with Crippen LogP contribution < -0.4 is 4.90 Å². The van der Waals surface area contributed by atoms with E-state index >= 15 is 0 Å². The van der Waals surface area contributed by atoms with Crippen molar-refractivity contribution in [2.75, 3.05) is 4.90 Å². The Balaban J connectivity index is 1.16. The Morgan fingerprint density at radius 1 is 0.283 bits per heavy atom. The number of fused-ring (bicyclic) bond motifs is 9. The van der Waals surface area contributed by atoms with Gasteiger partial charge in [0.25, 0.3) is 0 Å². The third kappa shape index (κ3) is 5.42. The van der Waals surface area contributed by atoms with Crippen LogP contribution in [0.4, 0.5) is 17.1 Å². The Hall–Kier alpha value is -7.94. The lowest BCUT2D eigenvalue weighted by Gasteiger charge is -2.30. The number of hydrogen-bond donors (Lipinski definition) is 0. The number of furan rings is 1. The summed E-state index contributed by atoms with van der Waals surface area (Å²) in [7, 11) is 0. The predicted octanol–water partition coefficient (Wildman–Crippen LogP) is 16.7. The van der Waals surface area contributed by atoms with Gasteiger partial charge in [0.2, 0.25) is 0 Å². The van der Waals surface area contributed by atoms with Crippen LogP contribution in [0.1, 0.15) is 0 Å². The molecule has 0 amide bonds. The zero-order valence-corrected chi connectivity index (χ0v) is 32.7. The van der Waals surface area contributed by atoms with E-state index < -0.39 is 0 Å². The van der Waals surface area contributed by atoms with Crippen LogP contribution in [0.25, 0.3) is 98.4 Å². The normalized spacial score (nSPS) is 11.7.